The standard InChI is InChI=1S/C15H14ClN3O2/c16-13-8-14(19-15(18-13)9-1-2-9)17-10-3-4-11-12(7-10)21-6-5-20-11/h3-4,7-9H,1-2,5-6H2,(H,17,18,19). The van der Waals surface area contributed by atoms with E-state index >= 15 is 0 Å². The van der Waals surface area contributed by atoms with Crippen LogP contribution in [0.3, 0.4) is 0 Å². The van der Waals surface area contributed by atoms with Crippen molar-refractivity contribution in [1.82, 2.24) is 9.97 Å². The molecule has 0 atom stereocenters. The summed E-state index contributed by atoms with van der Waals surface area (Å²) in [5.74, 6) is 3.50. The van der Waals surface area contributed by atoms with Crippen molar-refractivity contribution in [3.05, 3.63) is 35.2 Å². The van der Waals surface area contributed by atoms with E-state index in [2.05, 4.69) is 15.3 Å². The van der Waals surface area contributed by atoms with Crippen molar-refractivity contribution in [3.63, 3.8) is 0 Å². The van der Waals surface area contributed by atoms with Crippen LogP contribution in [0.15, 0.2) is 24.3 Å². The number of hydrogen-bond donors (Lipinski definition) is 1. The fraction of sp³-hybridized carbons (Fsp3) is 0.333. The van der Waals surface area contributed by atoms with E-state index in [1.165, 1.54) is 0 Å². The Bertz CT molecular complexity index is 689. The Hall–Kier alpha value is -2.01. The third-order valence-corrected chi connectivity index (χ3v) is 3.66. The highest BCUT2D eigenvalue weighted by Crippen LogP contribution is 2.39. The molecule has 6 heteroatoms. The van der Waals surface area contributed by atoms with Gasteiger partial charge in [0.2, 0.25) is 0 Å². The normalized spacial score (nSPS) is 16.6. The number of anilines is 2. The molecule has 1 fully saturated rings. The Morgan fingerprint density at radius 1 is 1.05 bits per heavy atom. The number of hydrogen-bond acceptors (Lipinski definition) is 5. The Morgan fingerprint density at radius 2 is 1.86 bits per heavy atom. The highest BCUT2D eigenvalue weighted by atomic mass is 35.5. The average Bonchev–Trinajstić information content (AvgIpc) is 3.31. The van der Waals surface area contributed by atoms with Gasteiger partial charge in [-0.05, 0) is 25.0 Å². The molecule has 1 aliphatic carbocycles. The molecule has 1 saturated carbocycles. The first-order valence-corrected chi connectivity index (χ1v) is 7.37. The molecule has 1 aliphatic heterocycles. The highest BCUT2D eigenvalue weighted by molar-refractivity contribution is 6.29. The van der Waals surface area contributed by atoms with Crippen molar-refractivity contribution >= 4 is 23.1 Å². The van der Waals surface area contributed by atoms with Gasteiger partial charge in [0.1, 0.15) is 30.0 Å². The van der Waals surface area contributed by atoms with Gasteiger partial charge in [-0.3, -0.25) is 0 Å². The highest BCUT2D eigenvalue weighted by Gasteiger charge is 2.27. The third-order valence-electron chi connectivity index (χ3n) is 3.47. The molecule has 5 nitrogen and oxygen atoms in total. The van der Waals surface area contributed by atoms with E-state index in [0.29, 0.717) is 30.1 Å². The predicted molar refractivity (Wildman–Crippen MR) is 79.7 cm³/mol. The van der Waals surface area contributed by atoms with Crippen molar-refractivity contribution in [3.8, 4) is 11.5 Å². The molecule has 0 amide bonds. The zero-order valence-electron chi connectivity index (χ0n) is 11.3. The third kappa shape index (κ3) is 2.74. The van der Waals surface area contributed by atoms with E-state index < -0.39 is 0 Å². The van der Waals surface area contributed by atoms with Gasteiger partial charge in [0.25, 0.3) is 0 Å². The minimum absolute atomic E-state index is 0.463. The minimum atomic E-state index is 0.463. The first-order valence-electron chi connectivity index (χ1n) is 6.99. The second kappa shape index (κ2) is 5.07. The molecule has 2 aromatic rings. The molecular formula is C15H14ClN3O2. The molecule has 2 heterocycles. The van der Waals surface area contributed by atoms with Crippen LogP contribution in [-0.2, 0) is 0 Å². The lowest BCUT2D eigenvalue weighted by molar-refractivity contribution is 0.171. The van der Waals surface area contributed by atoms with Gasteiger partial charge in [0.15, 0.2) is 11.5 Å². The zero-order valence-corrected chi connectivity index (χ0v) is 12.1. The monoisotopic (exact) mass is 303 g/mol. The number of benzene rings is 1. The van der Waals surface area contributed by atoms with Crippen LogP contribution < -0.4 is 14.8 Å². The largest absolute Gasteiger partial charge is 0.486 e. The average molecular weight is 304 g/mol. The van der Waals surface area contributed by atoms with Gasteiger partial charge in [0, 0.05) is 23.7 Å². The maximum absolute atomic E-state index is 6.07. The molecule has 2 aliphatic rings. The molecule has 0 radical (unpaired) electrons. The molecule has 108 valence electrons. The van der Waals surface area contributed by atoms with Crippen molar-refractivity contribution < 1.29 is 9.47 Å². The van der Waals surface area contributed by atoms with E-state index in [9.17, 15) is 0 Å². The molecule has 1 aromatic carbocycles. The first kappa shape index (κ1) is 12.7. The van der Waals surface area contributed by atoms with Gasteiger partial charge in [-0.15, -0.1) is 0 Å². The first-order chi connectivity index (χ1) is 10.3. The van der Waals surface area contributed by atoms with Gasteiger partial charge in [-0.2, -0.15) is 0 Å². The summed E-state index contributed by atoms with van der Waals surface area (Å²) in [5.41, 5.74) is 0.885. The van der Waals surface area contributed by atoms with Crippen LogP contribution in [-0.4, -0.2) is 23.2 Å². The van der Waals surface area contributed by atoms with Crippen LogP contribution in [0.2, 0.25) is 5.15 Å². The zero-order chi connectivity index (χ0) is 14.2. The number of nitrogens with one attached hydrogen (secondary N) is 1. The van der Waals surface area contributed by atoms with E-state index in [4.69, 9.17) is 21.1 Å². The quantitative estimate of drug-likeness (QED) is 0.879. The molecule has 0 spiro atoms. The van der Waals surface area contributed by atoms with Gasteiger partial charge in [0.05, 0.1) is 0 Å². The van der Waals surface area contributed by atoms with Gasteiger partial charge in [-0.1, -0.05) is 11.6 Å². The predicted octanol–water partition coefficient (Wildman–Crippen LogP) is 3.52. The van der Waals surface area contributed by atoms with Gasteiger partial charge < -0.3 is 14.8 Å². The Kier molecular flexibility index (Phi) is 3.07. The molecule has 0 unspecified atom stereocenters. The molecular weight excluding hydrogens is 290 g/mol. The molecule has 1 N–H and O–H groups in total. The van der Waals surface area contributed by atoms with Crippen LogP contribution in [0.4, 0.5) is 11.5 Å². The number of ether oxygens (including phenoxy) is 2. The molecule has 1 aromatic heterocycles. The number of nitrogens with zero attached hydrogens (tertiary/aromatic N) is 2. The lowest BCUT2D eigenvalue weighted by Gasteiger charge is -2.19. The summed E-state index contributed by atoms with van der Waals surface area (Å²) in [5, 5.41) is 3.71. The van der Waals surface area contributed by atoms with Crippen LogP contribution in [0.1, 0.15) is 24.6 Å². The number of aromatic nitrogens is 2. The second-order valence-electron chi connectivity index (χ2n) is 5.19. The van der Waals surface area contributed by atoms with Crippen LogP contribution in [0.5, 0.6) is 11.5 Å². The molecule has 21 heavy (non-hydrogen) atoms. The second-order valence-corrected chi connectivity index (χ2v) is 5.58. The van der Waals surface area contributed by atoms with E-state index in [1.807, 2.05) is 18.2 Å². The van der Waals surface area contributed by atoms with E-state index in [0.717, 1.165) is 35.9 Å². The summed E-state index contributed by atoms with van der Waals surface area (Å²) in [4.78, 5) is 8.80. The maximum atomic E-state index is 6.07. The van der Waals surface area contributed by atoms with E-state index in [-0.39, 0.29) is 0 Å². The van der Waals surface area contributed by atoms with Crippen LogP contribution in [0, 0.1) is 0 Å². The number of halogens is 1. The van der Waals surface area contributed by atoms with Crippen molar-refractivity contribution in [1.29, 1.82) is 0 Å². The Morgan fingerprint density at radius 3 is 2.67 bits per heavy atom. The lowest BCUT2D eigenvalue weighted by atomic mass is 10.2. The number of fused-ring (bicyclic) bond motifs is 1. The smallest absolute Gasteiger partial charge is 0.163 e. The Balaban J connectivity index is 1.60. The van der Waals surface area contributed by atoms with Crippen LogP contribution in [0.25, 0.3) is 0 Å². The molecule has 0 saturated heterocycles. The summed E-state index contributed by atoms with van der Waals surface area (Å²) in [6, 6.07) is 7.45. The summed E-state index contributed by atoms with van der Waals surface area (Å²) in [6.07, 6.45) is 2.29. The molecule has 4 rings (SSSR count). The fourth-order valence-corrected chi connectivity index (χ4v) is 2.48. The van der Waals surface area contributed by atoms with Gasteiger partial charge >= 0.3 is 0 Å². The SMILES string of the molecule is Clc1cc(Nc2ccc3c(c2)OCCO3)nc(C2CC2)n1. The molecule has 0 bridgehead atoms. The van der Waals surface area contributed by atoms with Crippen molar-refractivity contribution in [2.75, 3.05) is 18.5 Å². The van der Waals surface area contributed by atoms with Gasteiger partial charge in [-0.25, -0.2) is 9.97 Å². The van der Waals surface area contributed by atoms with Crippen molar-refractivity contribution in [2.45, 2.75) is 18.8 Å². The summed E-state index contributed by atoms with van der Waals surface area (Å²) >= 11 is 6.07. The Labute approximate surface area is 127 Å². The summed E-state index contributed by atoms with van der Waals surface area (Å²) < 4.78 is 11.1. The van der Waals surface area contributed by atoms with Crippen LogP contribution >= 0.6 is 11.6 Å². The lowest BCUT2D eigenvalue weighted by Crippen LogP contribution is -2.15. The fourth-order valence-electron chi connectivity index (χ4n) is 2.29. The van der Waals surface area contributed by atoms with E-state index in [1.54, 1.807) is 6.07 Å². The minimum Gasteiger partial charge on any atom is -0.486 e. The summed E-state index contributed by atoms with van der Waals surface area (Å²) in [6.45, 7) is 1.16. The summed E-state index contributed by atoms with van der Waals surface area (Å²) in [7, 11) is 0. The van der Waals surface area contributed by atoms with Crippen molar-refractivity contribution in [2.24, 2.45) is 0 Å². The topological polar surface area (TPSA) is 56.3 Å². The number of rotatable bonds is 3. The maximum Gasteiger partial charge on any atom is 0.163 e.